The van der Waals surface area contributed by atoms with Crippen LogP contribution in [-0.2, 0) is 11.3 Å². The lowest BCUT2D eigenvalue weighted by atomic mass is 10.2. The van der Waals surface area contributed by atoms with Crippen molar-refractivity contribution < 1.29 is 4.74 Å². The van der Waals surface area contributed by atoms with Gasteiger partial charge in [-0.3, -0.25) is 4.90 Å². The summed E-state index contributed by atoms with van der Waals surface area (Å²) >= 11 is 1.79. The second-order valence-electron chi connectivity index (χ2n) is 4.21. The maximum atomic E-state index is 5.63. The highest BCUT2D eigenvalue weighted by Crippen LogP contribution is 2.20. The first kappa shape index (κ1) is 14.9. The molecule has 17 heavy (non-hydrogen) atoms. The van der Waals surface area contributed by atoms with E-state index in [2.05, 4.69) is 23.7 Å². The highest BCUT2D eigenvalue weighted by molar-refractivity contribution is 7.11. The number of nitrogens with two attached hydrogens (primary N) is 1. The molecule has 0 spiro atoms. The van der Waals surface area contributed by atoms with Crippen molar-refractivity contribution in [2.24, 2.45) is 5.73 Å². The first-order chi connectivity index (χ1) is 7.69. The van der Waals surface area contributed by atoms with E-state index >= 15 is 0 Å². The number of morpholine rings is 1. The molecular formula is C11H20ClN3OS. The van der Waals surface area contributed by atoms with Crippen molar-refractivity contribution in [2.75, 3.05) is 26.2 Å². The summed E-state index contributed by atoms with van der Waals surface area (Å²) in [6.07, 6.45) is 0.197. The summed E-state index contributed by atoms with van der Waals surface area (Å²) in [4.78, 5) is 8.23. The Morgan fingerprint density at radius 1 is 1.53 bits per heavy atom. The third-order valence-electron chi connectivity index (χ3n) is 2.85. The molecule has 2 N–H and O–H groups in total. The number of thiazole rings is 1. The molecule has 1 aromatic heterocycles. The van der Waals surface area contributed by atoms with Crippen LogP contribution in [0, 0.1) is 13.8 Å². The van der Waals surface area contributed by atoms with Crippen LogP contribution in [0.15, 0.2) is 0 Å². The lowest BCUT2D eigenvalue weighted by Gasteiger charge is -2.31. The van der Waals surface area contributed by atoms with Gasteiger partial charge in [-0.25, -0.2) is 4.98 Å². The van der Waals surface area contributed by atoms with E-state index in [0.717, 1.165) is 31.2 Å². The fraction of sp³-hybridized carbons (Fsp3) is 0.727. The Morgan fingerprint density at radius 2 is 2.29 bits per heavy atom. The van der Waals surface area contributed by atoms with Gasteiger partial charge < -0.3 is 10.5 Å². The Labute approximate surface area is 113 Å². The molecule has 0 aliphatic carbocycles. The van der Waals surface area contributed by atoms with E-state index in [9.17, 15) is 0 Å². The summed E-state index contributed by atoms with van der Waals surface area (Å²) in [5.74, 6) is 0. The first-order valence-corrected chi connectivity index (χ1v) is 6.47. The second-order valence-corrected chi connectivity index (χ2v) is 5.49. The highest BCUT2D eigenvalue weighted by Gasteiger charge is 2.20. The Hall–Kier alpha value is -0.200. The maximum Gasteiger partial charge on any atom is 0.0900 e. The van der Waals surface area contributed by atoms with Crippen LogP contribution < -0.4 is 5.73 Å². The SMILES string of the molecule is Cc1nc(C)c(CN2CCOC(CN)C2)s1.Cl. The molecule has 4 nitrogen and oxygen atoms in total. The number of aromatic nitrogens is 1. The van der Waals surface area contributed by atoms with Gasteiger partial charge in [0.15, 0.2) is 0 Å². The van der Waals surface area contributed by atoms with E-state index < -0.39 is 0 Å². The van der Waals surface area contributed by atoms with Gasteiger partial charge in [0.25, 0.3) is 0 Å². The maximum absolute atomic E-state index is 5.63. The molecule has 0 bridgehead atoms. The number of hydrogen-bond acceptors (Lipinski definition) is 5. The van der Waals surface area contributed by atoms with Crippen LogP contribution in [0.4, 0.5) is 0 Å². The molecule has 1 aliphatic heterocycles. The molecule has 1 fully saturated rings. The minimum atomic E-state index is 0. The van der Waals surface area contributed by atoms with E-state index in [0.29, 0.717) is 6.54 Å². The average molecular weight is 278 g/mol. The van der Waals surface area contributed by atoms with Crippen LogP contribution in [0.3, 0.4) is 0 Å². The lowest BCUT2D eigenvalue weighted by Crippen LogP contribution is -2.45. The van der Waals surface area contributed by atoms with Crippen LogP contribution in [-0.4, -0.2) is 42.2 Å². The normalized spacial score (nSPS) is 21.2. The zero-order chi connectivity index (χ0) is 11.5. The molecule has 2 heterocycles. The van der Waals surface area contributed by atoms with E-state index in [-0.39, 0.29) is 18.5 Å². The number of nitrogens with zero attached hydrogens (tertiary/aromatic N) is 2. The van der Waals surface area contributed by atoms with Crippen LogP contribution in [0.25, 0.3) is 0 Å². The fourth-order valence-electron chi connectivity index (χ4n) is 1.99. The van der Waals surface area contributed by atoms with Crippen molar-refractivity contribution in [1.82, 2.24) is 9.88 Å². The number of aryl methyl sites for hydroxylation is 2. The van der Waals surface area contributed by atoms with Gasteiger partial charge in [0.2, 0.25) is 0 Å². The zero-order valence-corrected chi connectivity index (χ0v) is 11.9. The van der Waals surface area contributed by atoms with Crippen LogP contribution in [0.2, 0.25) is 0 Å². The van der Waals surface area contributed by atoms with Gasteiger partial charge in [0.1, 0.15) is 0 Å². The first-order valence-electron chi connectivity index (χ1n) is 5.66. The fourth-order valence-corrected chi connectivity index (χ4v) is 2.97. The van der Waals surface area contributed by atoms with Gasteiger partial charge in [0, 0.05) is 31.1 Å². The molecule has 0 radical (unpaired) electrons. The van der Waals surface area contributed by atoms with E-state index in [1.54, 1.807) is 11.3 Å². The Bertz CT molecular complexity index is 358. The van der Waals surface area contributed by atoms with Gasteiger partial charge in [-0.05, 0) is 13.8 Å². The van der Waals surface area contributed by atoms with E-state index in [4.69, 9.17) is 10.5 Å². The van der Waals surface area contributed by atoms with Gasteiger partial charge in [-0.15, -0.1) is 23.7 Å². The van der Waals surface area contributed by atoms with Crippen LogP contribution >= 0.6 is 23.7 Å². The molecule has 1 saturated heterocycles. The summed E-state index contributed by atoms with van der Waals surface area (Å²) < 4.78 is 5.55. The molecular weight excluding hydrogens is 258 g/mol. The number of ether oxygens (including phenoxy) is 1. The molecule has 6 heteroatoms. The third kappa shape index (κ3) is 3.89. The standard InChI is InChI=1S/C11H19N3OS.ClH/c1-8-11(16-9(2)13-8)7-14-3-4-15-10(5-12)6-14;/h10H,3-7,12H2,1-2H3;1H. The minimum absolute atomic E-state index is 0. The van der Waals surface area contributed by atoms with E-state index in [1.165, 1.54) is 10.6 Å². The molecule has 98 valence electrons. The summed E-state index contributed by atoms with van der Waals surface area (Å²) in [7, 11) is 0. The monoisotopic (exact) mass is 277 g/mol. The predicted octanol–water partition coefficient (Wildman–Crippen LogP) is 1.34. The van der Waals surface area contributed by atoms with Crippen molar-refractivity contribution in [3.8, 4) is 0 Å². The zero-order valence-electron chi connectivity index (χ0n) is 10.3. The molecule has 2 rings (SSSR count). The van der Waals surface area contributed by atoms with Crippen LogP contribution in [0.5, 0.6) is 0 Å². The van der Waals surface area contributed by atoms with Crippen LogP contribution in [0.1, 0.15) is 15.6 Å². The molecule has 1 unspecified atom stereocenters. The predicted molar refractivity (Wildman–Crippen MR) is 72.9 cm³/mol. The van der Waals surface area contributed by atoms with Gasteiger partial charge in [-0.2, -0.15) is 0 Å². The van der Waals surface area contributed by atoms with Crippen molar-refractivity contribution in [3.05, 3.63) is 15.6 Å². The van der Waals surface area contributed by atoms with Gasteiger partial charge >= 0.3 is 0 Å². The highest BCUT2D eigenvalue weighted by atomic mass is 35.5. The number of hydrogen-bond donors (Lipinski definition) is 1. The quantitative estimate of drug-likeness (QED) is 0.906. The number of halogens is 1. The van der Waals surface area contributed by atoms with Crippen molar-refractivity contribution >= 4 is 23.7 Å². The molecule has 1 atom stereocenters. The summed E-state index contributed by atoms with van der Waals surface area (Å²) in [5, 5.41) is 1.15. The second kappa shape index (κ2) is 6.66. The van der Waals surface area contributed by atoms with Gasteiger partial charge in [0.05, 0.1) is 23.4 Å². The topological polar surface area (TPSA) is 51.4 Å². The molecule has 1 aliphatic rings. The Balaban J connectivity index is 0.00000144. The number of rotatable bonds is 3. The Morgan fingerprint density at radius 3 is 2.88 bits per heavy atom. The van der Waals surface area contributed by atoms with Crippen molar-refractivity contribution in [2.45, 2.75) is 26.5 Å². The van der Waals surface area contributed by atoms with Crippen molar-refractivity contribution in [3.63, 3.8) is 0 Å². The smallest absolute Gasteiger partial charge is 0.0900 e. The van der Waals surface area contributed by atoms with Crippen molar-refractivity contribution in [1.29, 1.82) is 0 Å². The molecule has 0 amide bonds. The minimum Gasteiger partial charge on any atom is -0.374 e. The van der Waals surface area contributed by atoms with Gasteiger partial charge in [-0.1, -0.05) is 0 Å². The summed E-state index contributed by atoms with van der Waals surface area (Å²) in [6, 6.07) is 0. The third-order valence-corrected chi connectivity index (χ3v) is 3.91. The average Bonchev–Trinajstić information content (AvgIpc) is 2.58. The summed E-state index contributed by atoms with van der Waals surface area (Å²) in [6.45, 7) is 8.45. The molecule has 1 aromatic rings. The molecule has 0 saturated carbocycles. The molecule has 0 aromatic carbocycles. The Kier molecular flexibility index (Phi) is 5.82. The van der Waals surface area contributed by atoms with E-state index in [1.807, 2.05) is 0 Å². The lowest BCUT2D eigenvalue weighted by molar-refractivity contribution is -0.0258. The largest absolute Gasteiger partial charge is 0.374 e. The summed E-state index contributed by atoms with van der Waals surface area (Å²) in [5.41, 5.74) is 6.80.